The molecule has 34 nitrogen and oxygen atoms in total. The van der Waals surface area contributed by atoms with Gasteiger partial charge >= 0.3 is 335 Å². The summed E-state index contributed by atoms with van der Waals surface area (Å²) >= 11 is 14.4. The molecule has 12 rings (SSSR count). The Balaban J connectivity index is -0.000000354. The largest absolute Gasteiger partial charge is 2.00 e. The predicted molar refractivity (Wildman–Crippen MR) is 530 cm³/mol. The Labute approximate surface area is 1080 Å². The van der Waals surface area contributed by atoms with E-state index in [4.69, 9.17) is 153 Å². The van der Waals surface area contributed by atoms with Gasteiger partial charge in [-0.2, -0.15) is 5.26 Å². The van der Waals surface area contributed by atoms with Crippen LogP contribution in [0.3, 0.4) is 0 Å². The van der Waals surface area contributed by atoms with Crippen LogP contribution in [-0.2, 0) is 123 Å². The zero-order valence-electron chi connectivity index (χ0n) is 85.5. The van der Waals surface area contributed by atoms with Crippen LogP contribution in [0.1, 0.15) is 168 Å². The minimum atomic E-state index is -4.13. The molecule has 6 heterocycles. The van der Waals surface area contributed by atoms with Crippen LogP contribution in [0.15, 0.2) is 158 Å². The topological polar surface area (TPSA) is 438 Å². The molecule has 6 aliphatic heterocycles. The van der Waals surface area contributed by atoms with Crippen molar-refractivity contribution >= 4 is 376 Å². The molecule has 0 aliphatic carbocycles. The van der Waals surface area contributed by atoms with Crippen molar-refractivity contribution < 1.29 is 165 Å². The summed E-state index contributed by atoms with van der Waals surface area (Å²) in [5.41, 5.74) is 2.87. The van der Waals surface area contributed by atoms with E-state index in [9.17, 15) is 43.1 Å². The fourth-order valence-corrected chi connectivity index (χ4v) is 17.2. The van der Waals surface area contributed by atoms with E-state index in [1.165, 1.54) is 27.1 Å². The van der Waals surface area contributed by atoms with Crippen LogP contribution in [-0.4, -0.2) is 500 Å². The number of carbonyl (C=O) groups is 4. The van der Waals surface area contributed by atoms with Crippen molar-refractivity contribution in [2.75, 3.05) is 74.7 Å². The van der Waals surface area contributed by atoms with Gasteiger partial charge in [-0.1, -0.05) is 165 Å². The molecule has 139 heavy (non-hydrogen) atoms. The first-order valence-corrected chi connectivity index (χ1v) is 47.5. The van der Waals surface area contributed by atoms with Crippen molar-refractivity contribution in [1.29, 1.82) is 5.26 Å². The number of phosphoric acid groups is 2. The van der Waals surface area contributed by atoms with Gasteiger partial charge < -0.3 is 95.7 Å². The molecule has 0 spiro atoms. The molecule has 15 atom stereocenters. The average Bonchev–Trinajstić information content (AvgIpc) is 1.59. The summed E-state index contributed by atoms with van der Waals surface area (Å²) in [6.45, 7) is 20.4. The number of phosphoric ester groups is 2. The first-order valence-electron chi connectivity index (χ1n) is 42.3. The van der Waals surface area contributed by atoms with Gasteiger partial charge in [0, 0.05) is 24.0 Å². The van der Waals surface area contributed by atoms with Crippen LogP contribution in [0.2, 0.25) is 0 Å². The second-order valence-corrected chi connectivity index (χ2v) is 37.1. The molecule has 6 aliphatic rings. The van der Waals surface area contributed by atoms with E-state index in [1.54, 1.807) is 81.7 Å². The number of halogens is 3. The van der Waals surface area contributed by atoms with E-state index >= 15 is 0 Å². The first-order chi connectivity index (χ1) is 63.1. The summed E-state index contributed by atoms with van der Waals surface area (Å²) in [5.74, 6) is -0.126. The Morgan fingerprint density at radius 3 is 1.13 bits per heavy atom. The van der Waals surface area contributed by atoms with Gasteiger partial charge in [-0.3, -0.25) is 41.5 Å². The monoisotopic (exact) mass is 2810 g/mol. The van der Waals surface area contributed by atoms with Gasteiger partial charge in [0.1, 0.15) is 58.3 Å². The standard InChI is InChI=1S/C36H43O10P.C32H36O8P.C13H21O10P.C7H14O3.C2HCl3O2.C2H3N.CH4.6Ba.6H/c1-5-32-34(21-23-41-32)46-47(38,43-24-19-26(2)37)44-25-35-33(20-22-42-35)45-36(27-9-7-6-8-10-27,28-11-15-30(39-3)16-12-28)29-13-17-31(40-4)18-14-29;1-4-28-30(19-21-36-28)40-41(33)38-22-31-29(18-20-37-31)39-32(23-8-6-5-7-9-23,24-10-14-26(34-2)15-11-24)25-12-16-27(35-3)17-13-25;14-7-11-10(2-5-19-11)23-24(18,21-6-3-13(16)17)22-8-12-9(15)1-4-20-12;1-7(2,3)10-6(9)4-5-8;3-2(4,5)1(6)7;1-2-3;;;;;;;;;;;;;/h6-18,22-23,32-35H,5,19-21,24-25H2,1-4H3;5-17,20-21,28-31H,4,18-19,22H2,1-3H3;4-5,9-12,14-15H,1-3,6-8H2,(H,16,17);8H,4-5H2,1-3H3;(H,6,7);1H3;1H4;;;;;;;;;;;;/q-2;-1;-2;;;;;6*+2;6*-1/t32-,33?,34?,35-,47+;28-,29?,30?,31-;9?,10?,11-,12-,24+;;;;;;;;;;;;;;;;/m111................/s1. The van der Waals surface area contributed by atoms with Crippen LogP contribution < -0.4 is 18.9 Å². The molecule has 6 aromatic carbocycles. The minimum absolute atomic E-state index is 0. The summed E-state index contributed by atoms with van der Waals surface area (Å²) in [4.78, 5) is 42.5. The summed E-state index contributed by atoms with van der Waals surface area (Å²) in [5, 5.41) is 51.0. The molecule has 0 bridgehead atoms. The molecule has 0 saturated carbocycles. The van der Waals surface area contributed by atoms with Crippen molar-refractivity contribution in [2.24, 2.45) is 0 Å². The zero-order valence-corrected chi connectivity index (χ0v) is 111. The average molecular weight is 2810 g/mol. The Morgan fingerprint density at radius 2 is 0.799 bits per heavy atom. The Bertz CT molecular complexity index is 4530. The fraction of sp³-hybridized carbons (Fsp3) is 0.495. The second kappa shape index (κ2) is 74.3. The van der Waals surface area contributed by atoms with E-state index in [0.29, 0.717) is 50.0 Å². The molecule has 6 fully saturated rings. The number of carboxylic acids is 2. The summed E-state index contributed by atoms with van der Waals surface area (Å²) in [7, 11) is -4.08. The van der Waals surface area contributed by atoms with E-state index in [2.05, 4.69) is 12.1 Å². The van der Waals surface area contributed by atoms with Gasteiger partial charge in [0.25, 0.3) is 3.79 Å². The number of ether oxygens (including phenoxy) is 13. The zero-order chi connectivity index (χ0) is 96.5. The molecule has 7 unspecified atom stereocenters. The molecular weight excluding hydrogens is 2680 g/mol. The number of carbonyl (C=O) groups excluding carboxylic acids is 2. The molecule has 0 aromatic heterocycles. The Morgan fingerprint density at radius 1 is 0.482 bits per heavy atom. The van der Waals surface area contributed by atoms with Crippen LogP contribution >= 0.6 is 58.7 Å². The van der Waals surface area contributed by atoms with Crippen LogP contribution in [0.4, 0.5) is 0 Å². The van der Waals surface area contributed by atoms with Gasteiger partial charge in [0.05, 0.1) is 148 Å². The van der Waals surface area contributed by atoms with Crippen molar-refractivity contribution in [3.63, 3.8) is 0 Å². The summed E-state index contributed by atoms with van der Waals surface area (Å²) in [6.07, 6.45) is -2.55. The van der Waals surface area contributed by atoms with Gasteiger partial charge in [0.15, 0.2) is 0 Å². The summed E-state index contributed by atoms with van der Waals surface area (Å²) in [6, 6.07) is 53.0. The number of alkyl halides is 3. The maximum absolute atomic E-state index is 14.0. The number of rotatable bonds is 42. The molecular formula is C93H128Ba6Cl3NO33P3+. The number of methoxy groups -OCH3 is 4. The van der Waals surface area contributed by atoms with E-state index in [1.807, 2.05) is 159 Å². The minimum Gasteiger partial charge on any atom is -1.00 e. The van der Waals surface area contributed by atoms with Gasteiger partial charge in [0.2, 0.25) is 0 Å². The van der Waals surface area contributed by atoms with E-state index < -0.39 is 111 Å². The number of nitriles is 1. The molecule has 5 N–H and O–H groups in total. The third kappa shape index (κ3) is 47.6. The Hall–Kier alpha value is 2.19. The number of Topliss-reactive ketones (excluding diaryl/α,β-unsaturated/α-hetero) is 1. The number of aliphatic hydroxyl groups excluding tert-OH is 3. The number of nitrogens with zero attached hydrogens (tertiary/aromatic N) is 1. The molecule has 6 saturated heterocycles. The van der Waals surface area contributed by atoms with Gasteiger partial charge in [-0.05, 0) is 122 Å². The molecule has 46 heteroatoms. The number of benzene rings is 6. The SMILES string of the molecule is C.CC#N.CC(C)(C)OC(=O)CCO.CC[C@H]1O[CH-]CC1O[P+](=O)OC[C@H]1O[CH-]CC1OC(c1ccccc1)(c1ccc(OC)cc1)c1ccc(OC)cc1.CC[C@H]1O[CH-]CC1O[P@@](=O)(OCCC(C)=O)OC[C@H]1O[CH-]CC1OC(c1ccccc1)(c1ccc(OC)cc1)c1ccc(OC)cc1.O=C(O)C(Cl)(Cl)Cl.O=C(O)CCO[P@@](=O)(OC[C@H]1O[CH-]CC1O)OC1C[CH-]O[C@@H]1CO.[Ba+2].[Ba+2].[Ba+2].[Ba+2].[Ba+2].[Ba+2].[H-].[H-].[H-].[H-].[H-].[H-]. The molecule has 0 radical (unpaired) electrons. The smallest absolute Gasteiger partial charge is 1.00 e. The van der Waals surface area contributed by atoms with Crippen molar-refractivity contribution in [3.05, 3.63) is 231 Å². The van der Waals surface area contributed by atoms with Gasteiger partial charge in [-0.25, -0.2) is 53.6 Å². The van der Waals surface area contributed by atoms with Crippen molar-refractivity contribution in [3.8, 4) is 29.1 Å². The number of aliphatic carboxylic acids is 2. The fourth-order valence-electron chi connectivity index (χ4n) is 13.7. The number of hydrogen-bond donors (Lipinski definition) is 5. The molecule has 750 valence electrons. The number of carboxylic acid groups (broad SMARTS) is 2. The normalized spacial score (nSPS) is 21.5. The third-order valence-corrected chi connectivity index (χ3v) is 24.5. The molecule has 0 amide bonds. The quantitative estimate of drug-likeness (QED) is 0.00593. The number of esters is 1. The second-order valence-electron chi connectivity index (χ2n) is 30.6. The maximum Gasteiger partial charge on any atom is 2.00 e. The predicted octanol–water partition coefficient (Wildman–Crippen LogP) is 15.9. The number of hydrogen-bond acceptors (Lipinski definition) is 32. The first kappa shape index (κ1) is 141. The van der Waals surface area contributed by atoms with E-state index in [-0.39, 0.29) is 411 Å². The summed E-state index contributed by atoms with van der Waals surface area (Å²) < 4.78 is 156. The van der Waals surface area contributed by atoms with Crippen LogP contribution in [0.5, 0.6) is 23.0 Å². The maximum atomic E-state index is 14.0. The van der Waals surface area contributed by atoms with E-state index in [0.717, 1.165) is 51.3 Å². The third-order valence-electron chi connectivity index (χ3n) is 20.2. The molecule has 6 aromatic rings. The van der Waals surface area contributed by atoms with Crippen molar-refractivity contribution in [1.82, 2.24) is 0 Å². The van der Waals surface area contributed by atoms with Crippen LogP contribution in [0.25, 0.3) is 0 Å². The van der Waals surface area contributed by atoms with Gasteiger partial charge in [-0.15, -0.1) is 47.6 Å². The number of ketones is 1. The van der Waals surface area contributed by atoms with Crippen molar-refractivity contribution in [2.45, 2.75) is 220 Å². The number of aliphatic hydroxyl groups is 3. The Kier molecular flexibility index (Phi) is 75.5. The van der Waals surface area contributed by atoms with Crippen LogP contribution in [0, 0.1) is 51.0 Å².